The van der Waals surface area contributed by atoms with Gasteiger partial charge in [-0.25, -0.2) is 0 Å². The lowest BCUT2D eigenvalue weighted by Gasteiger charge is -2.23. The van der Waals surface area contributed by atoms with Crippen LogP contribution in [-0.2, 0) is 16.1 Å². The quantitative estimate of drug-likeness (QED) is 0.292. The summed E-state index contributed by atoms with van der Waals surface area (Å²) in [6.45, 7) is -0.0660. The zero-order valence-corrected chi connectivity index (χ0v) is 21.5. The van der Waals surface area contributed by atoms with E-state index in [4.69, 9.17) is 39.5 Å². The van der Waals surface area contributed by atoms with Gasteiger partial charge in [-0.2, -0.15) is 15.0 Å². The highest BCUT2D eigenvalue weighted by atomic mass is 35.5. The largest absolute Gasteiger partial charge is 0.386 e. The molecule has 0 aliphatic heterocycles. The topological polar surface area (TPSA) is 89.3 Å². The molecule has 1 heterocycles. The first-order chi connectivity index (χ1) is 17.4. The minimum atomic E-state index is -0.950. The van der Waals surface area contributed by atoms with Crippen LogP contribution < -0.4 is 5.32 Å². The SMILES string of the molecule is COC[C@H](NC(=O)Cn1nc(-c2ccc(Cl)cc2)c(-c2ccc(Cl)cc2Cl)n1)[C@H](O)c1ccccc1. The number of aromatic nitrogens is 3. The van der Waals surface area contributed by atoms with Crippen molar-refractivity contribution in [2.75, 3.05) is 13.7 Å². The van der Waals surface area contributed by atoms with Crippen molar-refractivity contribution in [1.82, 2.24) is 20.3 Å². The van der Waals surface area contributed by atoms with Gasteiger partial charge < -0.3 is 15.2 Å². The van der Waals surface area contributed by atoms with Gasteiger partial charge >= 0.3 is 0 Å². The first kappa shape index (κ1) is 26.1. The summed E-state index contributed by atoms with van der Waals surface area (Å²) < 4.78 is 5.22. The molecule has 2 atom stereocenters. The second-order valence-corrected chi connectivity index (χ2v) is 9.32. The van der Waals surface area contributed by atoms with E-state index in [1.54, 1.807) is 42.5 Å². The molecule has 0 unspecified atom stereocenters. The van der Waals surface area contributed by atoms with Gasteiger partial charge in [-0.1, -0.05) is 77.3 Å². The maximum atomic E-state index is 12.9. The van der Waals surface area contributed by atoms with Gasteiger partial charge in [0.2, 0.25) is 5.91 Å². The molecule has 4 aromatic rings. The number of hydrogen-bond acceptors (Lipinski definition) is 5. The number of nitrogens with zero attached hydrogens (tertiary/aromatic N) is 3. The van der Waals surface area contributed by atoms with Crippen molar-refractivity contribution in [3.63, 3.8) is 0 Å². The number of methoxy groups -OCH3 is 1. The average Bonchev–Trinajstić information content (AvgIpc) is 3.27. The van der Waals surface area contributed by atoms with Crippen molar-refractivity contribution in [3.05, 3.63) is 93.4 Å². The standard InChI is InChI=1S/C26H23Cl3N4O3/c1-36-15-22(26(35)17-5-3-2-4-6-17)30-23(34)14-33-31-24(16-7-9-18(27)10-8-16)25(32-33)20-12-11-19(28)13-21(20)29/h2-13,22,26,35H,14-15H2,1H3,(H,30,34)/t22-,26+/m0/s1. The fourth-order valence-corrected chi connectivity index (χ4v) is 4.36. The van der Waals surface area contributed by atoms with Crippen molar-refractivity contribution in [2.45, 2.75) is 18.7 Å². The molecular weight excluding hydrogens is 523 g/mol. The summed E-state index contributed by atoms with van der Waals surface area (Å²) in [7, 11) is 1.51. The number of carbonyl (C=O) groups excluding carboxylic acids is 1. The molecule has 1 amide bonds. The number of nitrogens with one attached hydrogen (secondary N) is 1. The van der Waals surface area contributed by atoms with E-state index in [-0.39, 0.29) is 13.2 Å². The van der Waals surface area contributed by atoms with Gasteiger partial charge in [-0.05, 0) is 35.9 Å². The van der Waals surface area contributed by atoms with Crippen LogP contribution in [0.4, 0.5) is 0 Å². The third-order valence-corrected chi connectivity index (χ3v) is 6.26. The minimum Gasteiger partial charge on any atom is -0.386 e. The summed E-state index contributed by atoms with van der Waals surface area (Å²) in [4.78, 5) is 14.2. The molecule has 0 saturated carbocycles. The molecule has 4 rings (SSSR count). The van der Waals surface area contributed by atoms with Gasteiger partial charge in [-0.15, -0.1) is 0 Å². The zero-order chi connectivity index (χ0) is 25.7. The number of aliphatic hydroxyl groups excluding tert-OH is 1. The van der Waals surface area contributed by atoms with Crippen molar-refractivity contribution in [1.29, 1.82) is 0 Å². The Morgan fingerprint density at radius 1 is 0.972 bits per heavy atom. The van der Waals surface area contributed by atoms with E-state index in [9.17, 15) is 9.90 Å². The van der Waals surface area contributed by atoms with Crippen LogP contribution in [0.1, 0.15) is 11.7 Å². The van der Waals surface area contributed by atoms with Crippen LogP contribution in [0.15, 0.2) is 72.8 Å². The first-order valence-electron chi connectivity index (χ1n) is 11.0. The van der Waals surface area contributed by atoms with Gasteiger partial charge in [0.25, 0.3) is 0 Å². The zero-order valence-electron chi connectivity index (χ0n) is 19.2. The van der Waals surface area contributed by atoms with Crippen molar-refractivity contribution >= 4 is 40.7 Å². The summed E-state index contributed by atoms with van der Waals surface area (Å²) in [5, 5.41) is 24.2. The van der Waals surface area contributed by atoms with E-state index in [1.165, 1.54) is 11.9 Å². The number of aliphatic hydroxyl groups is 1. The highest BCUT2D eigenvalue weighted by Gasteiger charge is 2.24. The van der Waals surface area contributed by atoms with Gasteiger partial charge in [0.15, 0.2) is 0 Å². The molecule has 7 nitrogen and oxygen atoms in total. The van der Waals surface area contributed by atoms with Gasteiger partial charge in [0, 0.05) is 28.3 Å². The summed E-state index contributed by atoms with van der Waals surface area (Å²) in [6, 6.07) is 20.6. The van der Waals surface area contributed by atoms with E-state index in [1.807, 2.05) is 30.3 Å². The third kappa shape index (κ3) is 6.24. The van der Waals surface area contributed by atoms with E-state index < -0.39 is 18.1 Å². The molecule has 3 aromatic carbocycles. The number of rotatable bonds is 9. The molecule has 0 saturated heterocycles. The van der Waals surface area contributed by atoms with Crippen LogP contribution >= 0.6 is 34.8 Å². The van der Waals surface area contributed by atoms with Crippen LogP contribution in [0.5, 0.6) is 0 Å². The number of hydrogen-bond donors (Lipinski definition) is 2. The van der Waals surface area contributed by atoms with E-state index in [2.05, 4.69) is 15.5 Å². The lowest BCUT2D eigenvalue weighted by atomic mass is 10.0. The molecule has 36 heavy (non-hydrogen) atoms. The predicted octanol–water partition coefficient (Wildman–Crippen LogP) is 5.44. The molecule has 1 aromatic heterocycles. The molecule has 2 N–H and O–H groups in total. The molecule has 0 bridgehead atoms. The van der Waals surface area contributed by atoms with Crippen molar-refractivity contribution in [3.8, 4) is 22.5 Å². The van der Waals surface area contributed by atoms with E-state index in [0.29, 0.717) is 37.6 Å². The summed E-state index contributed by atoms with van der Waals surface area (Å²) in [6.07, 6.45) is -0.950. The number of benzene rings is 3. The van der Waals surface area contributed by atoms with Crippen LogP contribution in [0.25, 0.3) is 22.5 Å². The van der Waals surface area contributed by atoms with Crippen LogP contribution in [0, 0.1) is 0 Å². The highest BCUT2D eigenvalue weighted by molar-refractivity contribution is 6.36. The Morgan fingerprint density at radius 3 is 2.31 bits per heavy atom. The molecular formula is C26H23Cl3N4O3. The predicted molar refractivity (Wildman–Crippen MR) is 141 cm³/mol. The molecule has 10 heteroatoms. The van der Waals surface area contributed by atoms with Gasteiger partial charge in [0.05, 0.1) is 17.7 Å². The Labute approximate surface area is 223 Å². The second kappa shape index (κ2) is 11.9. The maximum absolute atomic E-state index is 12.9. The van der Waals surface area contributed by atoms with E-state index >= 15 is 0 Å². The molecule has 0 aliphatic carbocycles. The second-order valence-electron chi connectivity index (χ2n) is 8.04. The Kier molecular flexibility index (Phi) is 8.61. The summed E-state index contributed by atoms with van der Waals surface area (Å²) >= 11 is 18.6. The summed E-state index contributed by atoms with van der Waals surface area (Å²) in [5.41, 5.74) is 3.06. The van der Waals surface area contributed by atoms with Gasteiger partial charge in [0.1, 0.15) is 24.0 Å². The van der Waals surface area contributed by atoms with Crippen LogP contribution in [0.3, 0.4) is 0 Å². The number of amides is 1. The van der Waals surface area contributed by atoms with E-state index in [0.717, 1.165) is 5.56 Å². The van der Waals surface area contributed by atoms with Crippen LogP contribution in [-0.4, -0.2) is 45.8 Å². The Hall–Kier alpha value is -2.94. The Morgan fingerprint density at radius 2 is 1.64 bits per heavy atom. The van der Waals surface area contributed by atoms with Gasteiger partial charge in [-0.3, -0.25) is 4.79 Å². The summed E-state index contributed by atoms with van der Waals surface area (Å²) in [5.74, 6) is -0.390. The average molecular weight is 546 g/mol. The molecule has 0 spiro atoms. The van der Waals surface area contributed by atoms with Crippen molar-refractivity contribution in [2.24, 2.45) is 0 Å². The number of halogens is 3. The number of ether oxygens (including phenoxy) is 1. The first-order valence-corrected chi connectivity index (χ1v) is 12.2. The minimum absolute atomic E-state index is 0.121. The third-order valence-electron chi connectivity index (χ3n) is 5.46. The lowest BCUT2D eigenvalue weighted by Crippen LogP contribution is -2.44. The maximum Gasteiger partial charge on any atom is 0.244 e. The molecule has 0 radical (unpaired) electrons. The molecule has 186 valence electrons. The lowest BCUT2D eigenvalue weighted by molar-refractivity contribution is -0.124. The molecule has 0 fully saturated rings. The Balaban J connectivity index is 1.61. The fraction of sp³-hybridized carbons (Fsp3) is 0.192. The monoisotopic (exact) mass is 544 g/mol. The number of carbonyl (C=O) groups is 1. The van der Waals surface area contributed by atoms with Crippen LogP contribution in [0.2, 0.25) is 15.1 Å². The molecule has 0 aliphatic rings. The Bertz CT molecular complexity index is 1330. The fourth-order valence-electron chi connectivity index (χ4n) is 3.74. The highest BCUT2D eigenvalue weighted by Crippen LogP contribution is 2.35. The normalized spacial score (nSPS) is 12.8. The smallest absolute Gasteiger partial charge is 0.244 e. The van der Waals surface area contributed by atoms with Crippen molar-refractivity contribution < 1.29 is 14.6 Å².